The Hall–Kier alpha value is -1.43. The molecule has 2 N–H and O–H groups in total. The maximum absolute atomic E-state index is 11.7. The molecule has 0 aliphatic heterocycles. The molecule has 6 heteroatoms. The van der Waals surface area contributed by atoms with Crippen LogP contribution in [0.5, 0.6) is 0 Å². The fraction of sp³-hybridized carbons (Fsp3) is 0.583. The Balaban J connectivity index is 1.94. The molecule has 0 bridgehead atoms. The van der Waals surface area contributed by atoms with Crippen LogP contribution in [0, 0.1) is 12.8 Å². The van der Waals surface area contributed by atoms with Crippen molar-refractivity contribution in [2.75, 3.05) is 5.32 Å². The summed E-state index contributed by atoms with van der Waals surface area (Å²) in [5, 5.41) is 12.0. The number of hydrogen-bond donors (Lipinski definition) is 2. The highest BCUT2D eigenvalue weighted by atomic mass is 32.1. The van der Waals surface area contributed by atoms with Crippen LogP contribution in [0.2, 0.25) is 0 Å². The number of nitrogens with zero attached hydrogens (tertiary/aromatic N) is 1. The summed E-state index contributed by atoms with van der Waals surface area (Å²) < 4.78 is 0. The largest absolute Gasteiger partial charge is 0.481 e. The molecule has 98 valence electrons. The lowest BCUT2D eigenvalue weighted by Crippen LogP contribution is -2.27. The number of carbonyl (C=O) groups excluding carboxylic acids is 1. The summed E-state index contributed by atoms with van der Waals surface area (Å²) in [6.07, 6.45) is 3.61. The van der Waals surface area contributed by atoms with Crippen LogP contribution < -0.4 is 5.32 Å². The summed E-state index contributed by atoms with van der Waals surface area (Å²) in [7, 11) is 0. The number of aliphatic carboxylic acids is 1. The van der Waals surface area contributed by atoms with Gasteiger partial charge >= 0.3 is 5.97 Å². The van der Waals surface area contributed by atoms with Crippen LogP contribution in [0.25, 0.3) is 0 Å². The van der Waals surface area contributed by atoms with Gasteiger partial charge in [0.1, 0.15) is 0 Å². The molecule has 1 saturated carbocycles. The molecule has 0 unspecified atom stereocenters. The van der Waals surface area contributed by atoms with Crippen molar-refractivity contribution in [2.45, 2.75) is 39.0 Å². The zero-order valence-corrected chi connectivity index (χ0v) is 11.0. The molecule has 1 amide bonds. The topological polar surface area (TPSA) is 79.3 Å². The standard InChI is InChI=1S/C12H16N2O3S/c1-7-9(5-6-10(15)16)18-12(13-7)14-11(17)8-3-2-4-8/h8H,2-6H2,1H3,(H,15,16)(H,13,14,17). The molecule has 2 rings (SSSR count). The first-order valence-corrected chi connectivity index (χ1v) is 6.87. The molecule has 1 aromatic rings. The van der Waals surface area contributed by atoms with Crippen molar-refractivity contribution in [3.05, 3.63) is 10.6 Å². The SMILES string of the molecule is Cc1nc(NC(=O)C2CCC2)sc1CCC(=O)O. The molecule has 0 spiro atoms. The van der Waals surface area contributed by atoms with E-state index in [1.165, 1.54) is 11.3 Å². The molecule has 0 saturated heterocycles. The maximum atomic E-state index is 11.7. The maximum Gasteiger partial charge on any atom is 0.303 e. The Morgan fingerprint density at radius 3 is 2.78 bits per heavy atom. The van der Waals surface area contributed by atoms with Gasteiger partial charge in [0.05, 0.1) is 12.1 Å². The minimum atomic E-state index is -0.817. The zero-order chi connectivity index (χ0) is 13.1. The third-order valence-corrected chi connectivity index (χ3v) is 4.30. The Kier molecular flexibility index (Phi) is 3.96. The smallest absolute Gasteiger partial charge is 0.303 e. The number of carboxylic acids is 1. The number of carboxylic acid groups (broad SMARTS) is 1. The lowest BCUT2D eigenvalue weighted by atomic mass is 9.85. The molecule has 5 nitrogen and oxygen atoms in total. The molecule has 0 atom stereocenters. The molecule has 1 fully saturated rings. The fourth-order valence-electron chi connectivity index (χ4n) is 1.81. The number of amides is 1. The fourth-order valence-corrected chi connectivity index (χ4v) is 2.78. The first-order valence-electron chi connectivity index (χ1n) is 6.05. The number of carbonyl (C=O) groups is 2. The van der Waals surface area contributed by atoms with E-state index in [1.807, 2.05) is 6.92 Å². The van der Waals surface area contributed by atoms with Gasteiger partial charge in [-0.05, 0) is 26.2 Å². The van der Waals surface area contributed by atoms with Crippen molar-refractivity contribution < 1.29 is 14.7 Å². The van der Waals surface area contributed by atoms with Gasteiger partial charge in [-0.15, -0.1) is 11.3 Å². The van der Waals surface area contributed by atoms with Crippen molar-refractivity contribution in [2.24, 2.45) is 5.92 Å². The Labute approximate surface area is 109 Å². The first-order chi connectivity index (χ1) is 8.56. The Morgan fingerprint density at radius 2 is 2.22 bits per heavy atom. The van der Waals surface area contributed by atoms with E-state index in [0.29, 0.717) is 11.6 Å². The normalized spacial score (nSPS) is 15.2. The van der Waals surface area contributed by atoms with E-state index in [-0.39, 0.29) is 18.2 Å². The minimum Gasteiger partial charge on any atom is -0.481 e. The van der Waals surface area contributed by atoms with E-state index in [0.717, 1.165) is 29.8 Å². The highest BCUT2D eigenvalue weighted by Gasteiger charge is 2.26. The van der Waals surface area contributed by atoms with E-state index < -0.39 is 5.97 Å². The van der Waals surface area contributed by atoms with Crippen molar-refractivity contribution in [3.8, 4) is 0 Å². The van der Waals surface area contributed by atoms with Gasteiger partial charge in [-0.3, -0.25) is 9.59 Å². The van der Waals surface area contributed by atoms with Crippen molar-refractivity contribution in [1.82, 2.24) is 4.98 Å². The van der Waals surface area contributed by atoms with Crippen molar-refractivity contribution >= 4 is 28.3 Å². The van der Waals surface area contributed by atoms with Crippen molar-refractivity contribution in [3.63, 3.8) is 0 Å². The number of rotatable bonds is 5. The molecule has 1 heterocycles. The first kappa shape index (κ1) is 13.0. The van der Waals surface area contributed by atoms with Crippen LogP contribution in [0.3, 0.4) is 0 Å². The van der Waals surface area contributed by atoms with Crippen molar-refractivity contribution in [1.29, 1.82) is 0 Å². The Morgan fingerprint density at radius 1 is 1.50 bits per heavy atom. The molecule has 1 aliphatic carbocycles. The van der Waals surface area contributed by atoms with E-state index >= 15 is 0 Å². The molecular weight excluding hydrogens is 252 g/mol. The van der Waals surface area contributed by atoms with E-state index in [4.69, 9.17) is 5.11 Å². The quantitative estimate of drug-likeness (QED) is 0.858. The second-order valence-electron chi connectivity index (χ2n) is 4.54. The molecule has 1 aliphatic rings. The number of hydrogen-bond acceptors (Lipinski definition) is 4. The molecule has 1 aromatic heterocycles. The van der Waals surface area contributed by atoms with Gasteiger partial charge in [0.15, 0.2) is 5.13 Å². The summed E-state index contributed by atoms with van der Waals surface area (Å²) in [5.74, 6) is -0.640. The summed E-state index contributed by atoms with van der Waals surface area (Å²) in [4.78, 5) is 27.5. The number of aromatic nitrogens is 1. The average Bonchev–Trinajstić information content (AvgIpc) is 2.53. The highest BCUT2D eigenvalue weighted by molar-refractivity contribution is 7.15. The monoisotopic (exact) mass is 268 g/mol. The summed E-state index contributed by atoms with van der Waals surface area (Å²) >= 11 is 1.38. The van der Waals surface area contributed by atoms with Gasteiger partial charge in [0.25, 0.3) is 0 Å². The van der Waals surface area contributed by atoms with Gasteiger partial charge in [-0.2, -0.15) is 0 Å². The third-order valence-electron chi connectivity index (χ3n) is 3.16. The third kappa shape index (κ3) is 3.07. The summed E-state index contributed by atoms with van der Waals surface area (Å²) in [5.41, 5.74) is 0.810. The minimum absolute atomic E-state index is 0.0415. The predicted molar refractivity (Wildman–Crippen MR) is 68.8 cm³/mol. The van der Waals surface area contributed by atoms with Crippen LogP contribution in [-0.2, 0) is 16.0 Å². The lowest BCUT2D eigenvalue weighted by Gasteiger charge is -2.23. The molecular formula is C12H16N2O3S. The van der Waals surface area contributed by atoms with Crippen LogP contribution in [-0.4, -0.2) is 22.0 Å². The van der Waals surface area contributed by atoms with Crippen LogP contribution in [0.15, 0.2) is 0 Å². The molecule has 0 aromatic carbocycles. The second-order valence-corrected chi connectivity index (χ2v) is 5.62. The van der Waals surface area contributed by atoms with Gasteiger partial charge in [0, 0.05) is 10.8 Å². The number of aryl methyl sites for hydroxylation is 2. The number of nitrogens with one attached hydrogen (secondary N) is 1. The van der Waals surface area contributed by atoms with E-state index in [2.05, 4.69) is 10.3 Å². The number of thiazole rings is 1. The van der Waals surface area contributed by atoms with Crippen LogP contribution in [0.4, 0.5) is 5.13 Å². The zero-order valence-electron chi connectivity index (χ0n) is 10.2. The Bertz CT molecular complexity index is 466. The average molecular weight is 268 g/mol. The van der Waals surface area contributed by atoms with Gasteiger partial charge < -0.3 is 10.4 Å². The molecule has 18 heavy (non-hydrogen) atoms. The number of anilines is 1. The van der Waals surface area contributed by atoms with E-state index in [9.17, 15) is 9.59 Å². The second kappa shape index (κ2) is 5.48. The summed E-state index contributed by atoms with van der Waals surface area (Å²) in [6.45, 7) is 1.84. The van der Waals surface area contributed by atoms with Crippen LogP contribution >= 0.6 is 11.3 Å². The van der Waals surface area contributed by atoms with Gasteiger partial charge in [0.2, 0.25) is 5.91 Å². The lowest BCUT2D eigenvalue weighted by molar-refractivity contribution is -0.137. The van der Waals surface area contributed by atoms with Gasteiger partial charge in [-0.1, -0.05) is 6.42 Å². The predicted octanol–water partition coefficient (Wildman–Crippen LogP) is 2.21. The molecule has 0 radical (unpaired) electrons. The van der Waals surface area contributed by atoms with Gasteiger partial charge in [-0.25, -0.2) is 4.98 Å². The van der Waals surface area contributed by atoms with E-state index in [1.54, 1.807) is 0 Å². The van der Waals surface area contributed by atoms with Crippen LogP contribution in [0.1, 0.15) is 36.3 Å². The highest BCUT2D eigenvalue weighted by Crippen LogP contribution is 2.29. The summed E-state index contributed by atoms with van der Waals surface area (Å²) in [6, 6.07) is 0.